The first-order valence-corrected chi connectivity index (χ1v) is 5.22. The normalized spacial score (nSPS) is 15.9. The number of hydrogen-bond donors (Lipinski definition) is 1. The van der Waals surface area contributed by atoms with Crippen molar-refractivity contribution in [3.8, 4) is 0 Å². The van der Waals surface area contributed by atoms with Crippen LogP contribution in [0.1, 0.15) is 52.0 Å². The molecule has 1 aromatic heterocycles. The lowest BCUT2D eigenvalue weighted by Gasteiger charge is -2.19. The predicted octanol–water partition coefficient (Wildman–Crippen LogP) is 1.90. The third-order valence-electron chi connectivity index (χ3n) is 2.71. The molecule has 0 saturated heterocycles. The molecule has 0 aliphatic carbocycles. The Balaban J connectivity index is 2.89. The summed E-state index contributed by atoms with van der Waals surface area (Å²) in [6.07, 6.45) is 2.81. The van der Waals surface area contributed by atoms with Gasteiger partial charge in [-0.05, 0) is 19.8 Å². The van der Waals surface area contributed by atoms with E-state index in [0.717, 1.165) is 12.2 Å². The molecule has 0 fully saturated rings. The summed E-state index contributed by atoms with van der Waals surface area (Å²) in [7, 11) is 0. The molecule has 1 heterocycles. The van der Waals surface area contributed by atoms with Gasteiger partial charge in [-0.1, -0.05) is 20.3 Å². The topological polar surface area (TPSA) is 56.7 Å². The summed E-state index contributed by atoms with van der Waals surface area (Å²) >= 11 is 0. The Morgan fingerprint density at radius 3 is 2.57 bits per heavy atom. The molecule has 0 amide bonds. The van der Waals surface area contributed by atoms with Gasteiger partial charge in [-0.2, -0.15) is 0 Å². The predicted molar refractivity (Wildman–Crippen MR) is 56.8 cm³/mol. The van der Waals surface area contributed by atoms with Gasteiger partial charge in [-0.25, -0.2) is 0 Å². The summed E-state index contributed by atoms with van der Waals surface area (Å²) < 4.78 is 2.04. The molecule has 2 atom stereocenters. The van der Waals surface area contributed by atoms with Crippen molar-refractivity contribution in [2.75, 3.05) is 0 Å². The van der Waals surface area contributed by atoms with Gasteiger partial charge in [0.05, 0.1) is 6.04 Å². The second kappa shape index (κ2) is 4.55. The van der Waals surface area contributed by atoms with Crippen molar-refractivity contribution in [3.05, 3.63) is 12.2 Å². The van der Waals surface area contributed by atoms with Crippen LogP contribution in [-0.2, 0) is 0 Å². The number of aromatic nitrogens is 3. The van der Waals surface area contributed by atoms with E-state index in [1.807, 2.05) is 4.57 Å². The van der Waals surface area contributed by atoms with Crippen LogP contribution in [0.4, 0.5) is 0 Å². The summed E-state index contributed by atoms with van der Waals surface area (Å²) in [6, 6.07) is 0.361. The van der Waals surface area contributed by atoms with Gasteiger partial charge in [0.1, 0.15) is 12.2 Å². The molecule has 80 valence electrons. The third-order valence-corrected chi connectivity index (χ3v) is 2.71. The average molecular weight is 196 g/mol. The van der Waals surface area contributed by atoms with Crippen molar-refractivity contribution in [1.29, 1.82) is 0 Å². The van der Waals surface area contributed by atoms with Crippen molar-refractivity contribution in [1.82, 2.24) is 14.8 Å². The van der Waals surface area contributed by atoms with Gasteiger partial charge in [0.15, 0.2) is 0 Å². The van der Waals surface area contributed by atoms with E-state index in [2.05, 4.69) is 37.9 Å². The molecule has 4 heteroatoms. The number of hydrogen-bond acceptors (Lipinski definition) is 3. The van der Waals surface area contributed by atoms with Gasteiger partial charge in [-0.3, -0.25) is 0 Å². The molecule has 0 radical (unpaired) electrons. The van der Waals surface area contributed by atoms with Crippen LogP contribution in [0.3, 0.4) is 0 Å². The van der Waals surface area contributed by atoms with Gasteiger partial charge in [0, 0.05) is 6.04 Å². The van der Waals surface area contributed by atoms with Gasteiger partial charge in [0.2, 0.25) is 0 Å². The van der Waals surface area contributed by atoms with E-state index < -0.39 is 0 Å². The molecule has 2 N–H and O–H groups in total. The van der Waals surface area contributed by atoms with Crippen LogP contribution in [0.2, 0.25) is 0 Å². The summed E-state index contributed by atoms with van der Waals surface area (Å²) in [6.45, 7) is 8.50. The van der Waals surface area contributed by atoms with Crippen molar-refractivity contribution >= 4 is 0 Å². The maximum absolute atomic E-state index is 6.11. The van der Waals surface area contributed by atoms with E-state index in [-0.39, 0.29) is 6.04 Å². The maximum Gasteiger partial charge on any atom is 0.150 e. The molecule has 4 nitrogen and oxygen atoms in total. The summed E-state index contributed by atoms with van der Waals surface area (Å²) in [5.74, 6) is 1.34. The van der Waals surface area contributed by atoms with Crippen LogP contribution in [0.5, 0.6) is 0 Å². The Bertz CT molecular complexity index is 279. The van der Waals surface area contributed by atoms with Crippen molar-refractivity contribution in [2.24, 2.45) is 11.7 Å². The number of nitrogens with zero attached hydrogens (tertiary/aromatic N) is 3. The standard InChI is InChI=1S/C10H20N4/c1-5-8(4)9(11)10-13-12-6-14(10)7(2)3/h6-9H,5,11H2,1-4H3/t8-,9-/m0/s1. The minimum absolute atomic E-state index is 0.00935. The van der Waals surface area contributed by atoms with E-state index in [0.29, 0.717) is 12.0 Å². The molecule has 0 aliphatic heterocycles. The molecular formula is C10H20N4. The first-order chi connectivity index (χ1) is 6.57. The number of rotatable bonds is 4. The van der Waals surface area contributed by atoms with Crippen LogP contribution >= 0.6 is 0 Å². The van der Waals surface area contributed by atoms with Crippen LogP contribution in [0, 0.1) is 5.92 Å². The van der Waals surface area contributed by atoms with Gasteiger partial charge < -0.3 is 10.3 Å². The highest BCUT2D eigenvalue weighted by Gasteiger charge is 2.19. The Labute approximate surface area is 85.5 Å². The molecule has 0 bridgehead atoms. The number of nitrogens with two attached hydrogens (primary N) is 1. The van der Waals surface area contributed by atoms with Crippen LogP contribution in [0.25, 0.3) is 0 Å². The fourth-order valence-electron chi connectivity index (χ4n) is 1.40. The van der Waals surface area contributed by atoms with Crippen LogP contribution in [-0.4, -0.2) is 14.8 Å². The van der Waals surface area contributed by atoms with E-state index >= 15 is 0 Å². The van der Waals surface area contributed by atoms with Crippen molar-refractivity contribution < 1.29 is 0 Å². The van der Waals surface area contributed by atoms with Gasteiger partial charge >= 0.3 is 0 Å². The molecule has 0 spiro atoms. The Morgan fingerprint density at radius 2 is 2.07 bits per heavy atom. The molecule has 0 unspecified atom stereocenters. The highest BCUT2D eigenvalue weighted by molar-refractivity contribution is 4.96. The minimum atomic E-state index is -0.00935. The zero-order valence-electron chi connectivity index (χ0n) is 9.44. The first-order valence-electron chi connectivity index (χ1n) is 5.22. The fourth-order valence-corrected chi connectivity index (χ4v) is 1.40. The zero-order valence-corrected chi connectivity index (χ0v) is 9.44. The lowest BCUT2D eigenvalue weighted by molar-refractivity contribution is 0.412. The molecule has 0 aromatic carbocycles. The SMILES string of the molecule is CC[C@H](C)[C@H](N)c1nncn1C(C)C. The molecule has 1 rings (SSSR count). The van der Waals surface area contributed by atoms with E-state index in [1.165, 1.54) is 0 Å². The molecule has 14 heavy (non-hydrogen) atoms. The van der Waals surface area contributed by atoms with Crippen molar-refractivity contribution in [3.63, 3.8) is 0 Å². The first kappa shape index (κ1) is 11.2. The highest BCUT2D eigenvalue weighted by atomic mass is 15.3. The zero-order chi connectivity index (χ0) is 10.7. The Hall–Kier alpha value is -0.900. The largest absolute Gasteiger partial charge is 0.321 e. The fraction of sp³-hybridized carbons (Fsp3) is 0.800. The Morgan fingerprint density at radius 1 is 1.43 bits per heavy atom. The van der Waals surface area contributed by atoms with Crippen LogP contribution in [0.15, 0.2) is 6.33 Å². The second-order valence-electron chi connectivity index (χ2n) is 4.10. The van der Waals surface area contributed by atoms with E-state index in [4.69, 9.17) is 5.73 Å². The third kappa shape index (κ3) is 2.12. The summed E-state index contributed by atoms with van der Waals surface area (Å²) in [4.78, 5) is 0. The lowest BCUT2D eigenvalue weighted by atomic mass is 9.99. The van der Waals surface area contributed by atoms with Gasteiger partial charge in [0.25, 0.3) is 0 Å². The quantitative estimate of drug-likeness (QED) is 0.800. The molecule has 0 aliphatic rings. The highest BCUT2D eigenvalue weighted by Crippen LogP contribution is 2.21. The average Bonchev–Trinajstić information content (AvgIpc) is 2.63. The van der Waals surface area contributed by atoms with E-state index in [1.54, 1.807) is 6.33 Å². The van der Waals surface area contributed by atoms with Crippen molar-refractivity contribution in [2.45, 2.75) is 46.2 Å². The molecular weight excluding hydrogens is 176 g/mol. The lowest BCUT2D eigenvalue weighted by Crippen LogP contribution is -2.23. The monoisotopic (exact) mass is 196 g/mol. The smallest absolute Gasteiger partial charge is 0.150 e. The van der Waals surface area contributed by atoms with Gasteiger partial charge in [-0.15, -0.1) is 10.2 Å². The molecule has 1 aromatic rings. The van der Waals surface area contributed by atoms with Crippen LogP contribution < -0.4 is 5.73 Å². The van der Waals surface area contributed by atoms with E-state index in [9.17, 15) is 0 Å². The minimum Gasteiger partial charge on any atom is -0.321 e. The Kier molecular flexibility index (Phi) is 3.63. The maximum atomic E-state index is 6.11. The molecule has 0 saturated carbocycles. The summed E-state index contributed by atoms with van der Waals surface area (Å²) in [5.41, 5.74) is 6.11. The second-order valence-corrected chi connectivity index (χ2v) is 4.10. The summed E-state index contributed by atoms with van der Waals surface area (Å²) in [5, 5.41) is 8.01.